The van der Waals surface area contributed by atoms with Crippen LogP contribution < -0.4 is 0 Å². The molecule has 1 aromatic carbocycles. The van der Waals surface area contributed by atoms with Crippen molar-refractivity contribution in [2.45, 2.75) is 19.1 Å². The lowest BCUT2D eigenvalue weighted by Crippen LogP contribution is -2.13. The van der Waals surface area contributed by atoms with Gasteiger partial charge >= 0.3 is 6.18 Å². The van der Waals surface area contributed by atoms with E-state index in [0.29, 0.717) is 34.6 Å². The van der Waals surface area contributed by atoms with Gasteiger partial charge < -0.3 is 4.57 Å². The lowest BCUT2D eigenvalue weighted by atomic mass is 10.1. The van der Waals surface area contributed by atoms with Crippen LogP contribution in [0.4, 0.5) is 17.6 Å². The fraction of sp³-hybridized carbons (Fsp3) is 0.158. The molecular weight excluding hydrogens is 390 g/mol. The average molecular weight is 403 g/mol. The highest BCUT2D eigenvalue weighted by atomic mass is 19.4. The van der Waals surface area contributed by atoms with Crippen molar-refractivity contribution in [2.75, 3.05) is 0 Å². The second-order valence-corrected chi connectivity index (χ2v) is 6.30. The first kappa shape index (κ1) is 18.8. The first-order chi connectivity index (χ1) is 13.9. The first-order valence-electron chi connectivity index (χ1n) is 8.54. The highest BCUT2D eigenvalue weighted by Crippen LogP contribution is 2.32. The molecule has 0 atom stereocenters. The average Bonchev–Trinajstić information content (AvgIpc) is 3.29. The Balaban J connectivity index is 1.87. The summed E-state index contributed by atoms with van der Waals surface area (Å²) in [6.07, 6.45) is -2.17. The monoisotopic (exact) mass is 403 g/mol. The van der Waals surface area contributed by atoms with Crippen LogP contribution in [0.3, 0.4) is 0 Å². The number of nitrogens with zero attached hydrogens (tertiary/aromatic N) is 5. The lowest BCUT2D eigenvalue weighted by Gasteiger charge is -2.12. The van der Waals surface area contributed by atoms with Gasteiger partial charge in [0.25, 0.3) is 0 Å². The Bertz CT molecular complexity index is 1180. The van der Waals surface area contributed by atoms with Gasteiger partial charge in [-0.15, -0.1) is 0 Å². The normalized spacial score (nSPS) is 11.9. The van der Waals surface area contributed by atoms with Crippen LogP contribution >= 0.6 is 0 Å². The highest BCUT2D eigenvalue weighted by Gasteiger charge is 2.28. The van der Waals surface area contributed by atoms with E-state index in [1.54, 1.807) is 12.1 Å². The SMILES string of the molecule is O=Cc1cnc2ccc(-c3c(-c4ccc(F)cc4)ncn3CCC(F)(F)F)nn12. The van der Waals surface area contributed by atoms with Crippen LogP contribution in [0.1, 0.15) is 16.9 Å². The van der Waals surface area contributed by atoms with Gasteiger partial charge in [0.15, 0.2) is 11.9 Å². The molecule has 0 N–H and O–H groups in total. The Labute approximate surface area is 161 Å². The largest absolute Gasteiger partial charge is 0.390 e. The van der Waals surface area contributed by atoms with Crippen molar-refractivity contribution >= 4 is 11.9 Å². The van der Waals surface area contributed by atoms with Gasteiger partial charge in [-0.05, 0) is 36.4 Å². The summed E-state index contributed by atoms with van der Waals surface area (Å²) in [4.78, 5) is 19.5. The van der Waals surface area contributed by atoms with Gasteiger partial charge in [-0.2, -0.15) is 18.3 Å². The van der Waals surface area contributed by atoms with E-state index in [0.717, 1.165) is 0 Å². The van der Waals surface area contributed by atoms with Crippen molar-refractivity contribution in [3.63, 3.8) is 0 Å². The predicted octanol–water partition coefficient (Wildman–Crippen LogP) is 4.16. The van der Waals surface area contributed by atoms with E-state index in [4.69, 9.17) is 0 Å². The summed E-state index contributed by atoms with van der Waals surface area (Å²) < 4.78 is 54.3. The number of benzene rings is 1. The number of rotatable bonds is 5. The molecule has 0 saturated heterocycles. The molecule has 4 aromatic rings. The fourth-order valence-electron chi connectivity index (χ4n) is 2.98. The number of carbonyl (C=O) groups is 1. The predicted molar refractivity (Wildman–Crippen MR) is 95.7 cm³/mol. The molecule has 3 aromatic heterocycles. The zero-order valence-electron chi connectivity index (χ0n) is 14.8. The molecule has 0 aliphatic rings. The number of aryl methyl sites for hydroxylation is 1. The maximum Gasteiger partial charge on any atom is 0.390 e. The summed E-state index contributed by atoms with van der Waals surface area (Å²) in [6.45, 7) is -0.364. The van der Waals surface area contributed by atoms with Crippen LogP contribution in [0.25, 0.3) is 28.3 Å². The van der Waals surface area contributed by atoms with E-state index in [9.17, 15) is 22.4 Å². The molecule has 3 heterocycles. The number of aldehydes is 1. The quantitative estimate of drug-likeness (QED) is 0.371. The molecule has 0 amide bonds. The molecule has 6 nitrogen and oxygen atoms in total. The Morgan fingerprint density at radius 2 is 1.79 bits per heavy atom. The number of fused-ring (bicyclic) bond motifs is 1. The van der Waals surface area contributed by atoms with Crippen LogP contribution in [-0.4, -0.2) is 36.6 Å². The molecule has 4 rings (SSSR count). The Hall–Kier alpha value is -3.56. The fourth-order valence-corrected chi connectivity index (χ4v) is 2.98. The number of aromatic nitrogens is 5. The Kier molecular flexibility index (Phi) is 4.61. The second kappa shape index (κ2) is 7.12. The smallest absolute Gasteiger partial charge is 0.328 e. The van der Waals surface area contributed by atoms with Gasteiger partial charge in [-0.1, -0.05) is 0 Å². The third kappa shape index (κ3) is 3.73. The van der Waals surface area contributed by atoms with Gasteiger partial charge in [0, 0.05) is 12.1 Å². The van der Waals surface area contributed by atoms with Gasteiger partial charge in [0.2, 0.25) is 0 Å². The summed E-state index contributed by atoms with van der Waals surface area (Å²) in [5.74, 6) is -0.444. The zero-order valence-corrected chi connectivity index (χ0v) is 14.8. The van der Waals surface area contributed by atoms with Crippen LogP contribution in [-0.2, 0) is 6.54 Å². The molecule has 0 saturated carbocycles. The summed E-state index contributed by atoms with van der Waals surface area (Å²) in [6, 6.07) is 8.65. The third-order valence-electron chi connectivity index (χ3n) is 4.34. The molecule has 0 aliphatic heterocycles. The minimum atomic E-state index is -4.34. The number of hydrogen-bond donors (Lipinski definition) is 0. The van der Waals surface area contributed by atoms with Crippen molar-refractivity contribution in [1.82, 2.24) is 24.1 Å². The number of alkyl halides is 3. The zero-order chi connectivity index (χ0) is 20.6. The summed E-state index contributed by atoms with van der Waals surface area (Å²) in [5, 5.41) is 4.36. The third-order valence-corrected chi connectivity index (χ3v) is 4.34. The van der Waals surface area contributed by atoms with Crippen molar-refractivity contribution in [2.24, 2.45) is 0 Å². The van der Waals surface area contributed by atoms with E-state index in [-0.39, 0.29) is 12.2 Å². The molecule has 10 heteroatoms. The van der Waals surface area contributed by atoms with E-state index in [2.05, 4.69) is 15.1 Å². The number of carbonyl (C=O) groups excluding carboxylic acids is 1. The maximum atomic E-state index is 13.3. The molecule has 0 spiro atoms. The van der Waals surface area contributed by atoms with E-state index < -0.39 is 18.4 Å². The van der Waals surface area contributed by atoms with E-state index in [1.165, 1.54) is 45.9 Å². The molecule has 148 valence electrons. The molecule has 29 heavy (non-hydrogen) atoms. The van der Waals surface area contributed by atoms with Crippen LogP contribution in [0.15, 0.2) is 48.9 Å². The van der Waals surface area contributed by atoms with Crippen LogP contribution in [0, 0.1) is 5.82 Å². The standard InChI is InChI=1S/C19H13F4N5O/c20-13-3-1-12(2-4-13)17-18(27(11-25-17)8-7-19(21,22)23)15-5-6-16-24-9-14(10-29)28(16)26-15/h1-6,9-11H,7-8H2. The number of imidazole rings is 2. The lowest BCUT2D eigenvalue weighted by molar-refractivity contribution is -0.136. The maximum absolute atomic E-state index is 13.3. The summed E-state index contributed by atoms with van der Waals surface area (Å²) >= 11 is 0. The highest BCUT2D eigenvalue weighted by molar-refractivity contribution is 5.78. The minimum Gasteiger partial charge on any atom is -0.328 e. The summed E-state index contributed by atoms with van der Waals surface area (Å²) in [7, 11) is 0. The first-order valence-corrected chi connectivity index (χ1v) is 8.54. The molecule has 0 fully saturated rings. The van der Waals surface area contributed by atoms with E-state index in [1.807, 2.05) is 0 Å². The van der Waals surface area contributed by atoms with Crippen molar-refractivity contribution in [3.8, 4) is 22.6 Å². The Morgan fingerprint density at radius 3 is 2.48 bits per heavy atom. The summed E-state index contributed by atoms with van der Waals surface area (Å²) in [5.41, 5.74) is 2.13. The van der Waals surface area contributed by atoms with Crippen LogP contribution in [0.5, 0.6) is 0 Å². The topological polar surface area (TPSA) is 65.1 Å². The Morgan fingerprint density at radius 1 is 1.03 bits per heavy atom. The van der Waals surface area contributed by atoms with Crippen molar-refractivity contribution in [3.05, 3.63) is 60.4 Å². The number of hydrogen-bond acceptors (Lipinski definition) is 4. The molecular formula is C19H13F4N5O. The van der Waals surface area contributed by atoms with Gasteiger partial charge in [-0.25, -0.2) is 18.9 Å². The molecule has 0 aliphatic carbocycles. The van der Waals surface area contributed by atoms with Gasteiger partial charge in [0.1, 0.15) is 17.2 Å². The molecule has 0 bridgehead atoms. The molecule has 0 unspecified atom stereocenters. The van der Waals surface area contributed by atoms with E-state index >= 15 is 0 Å². The van der Waals surface area contributed by atoms with Crippen molar-refractivity contribution < 1.29 is 22.4 Å². The van der Waals surface area contributed by atoms with Crippen molar-refractivity contribution in [1.29, 1.82) is 0 Å². The molecule has 0 radical (unpaired) electrons. The van der Waals surface area contributed by atoms with Gasteiger partial charge in [-0.3, -0.25) is 4.79 Å². The van der Waals surface area contributed by atoms with Crippen LogP contribution in [0.2, 0.25) is 0 Å². The number of halogens is 4. The minimum absolute atomic E-state index is 0.200. The second-order valence-electron chi connectivity index (χ2n) is 6.30. The van der Waals surface area contributed by atoms with Gasteiger partial charge in [0.05, 0.1) is 30.3 Å².